The number of anilines is 2. The Labute approximate surface area is 256 Å². The van der Waals surface area contributed by atoms with Crippen LogP contribution in [0.5, 0.6) is 11.5 Å². The van der Waals surface area contributed by atoms with Gasteiger partial charge in [0.1, 0.15) is 11.5 Å². The first kappa shape index (κ1) is 27.8. The zero-order chi connectivity index (χ0) is 30.0. The molecule has 2 aromatic rings. The van der Waals surface area contributed by atoms with E-state index in [0.29, 0.717) is 42.2 Å². The van der Waals surface area contributed by atoms with E-state index in [2.05, 4.69) is 20.8 Å². The number of methoxy groups -OCH3 is 1. The molecular formula is C33H29BrN2O7. The fraction of sp³-hybridized carbons (Fsp3) is 0.333. The van der Waals surface area contributed by atoms with Crippen molar-refractivity contribution in [3.05, 3.63) is 81.4 Å². The van der Waals surface area contributed by atoms with Crippen molar-refractivity contribution in [2.75, 3.05) is 43.2 Å². The molecule has 0 spiro atoms. The van der Waals surface area contributed by atoms with Crippen molar-refractivity contribution >= 4 is 50.7 Å². The van der Waals surface area contributed by atoms with Gasteiger partial charge in [0.2, 0.25) is 11.8 Å². The Bertz CT molecular complexity index is 1670. The number of hydrogen-bond donors (Lipinski definition) is 1. The smallest absolute Gasteiger partial charge is 0.238 e. The number of phenolic OH excluding ortho intramolecular Hbond substituents is 1. The minimum atomic E-state index is -0.802. The highest BCUT2D eigenvalue weighted by Crippen LogP contribution is 2.57. The standard InChI is InChI=1S/C33H29BrN2O7/c1-42-26-4-2-3-24(37)30(26)29-19-9-10-20-27(21(19)15-22-28(29)25(38)16-23(34)31(22)39)33(41)36(32(20)40)18-7-5-17(6-8-18)35-11-13-43-14-12-35/h2-9,16,20-21,27,29,37H,10-15H2,1H3. The number of carbonyl (C=O) groups excluding carboxylic acids is 4. The molecule has 220 valence electrons. The van der Waals surface area contributed by atoms with Gasteiger partial charge >= 0.3 is 0 Å². The summed E-state index contributed by atoms with van der Waals surface area (Å²) in [6.07, 6.45) is 3.64. The summed E-state index contributed by atoms with van der Waals surface area (Å²) < 4.78 is 11.2. The predicted octanol–water partition coefficient (Wildman–Crippen LogP) is 4.20. The van der Waals surface area contributed by atoms with E-state index in [-0.39, 0.29) is 45.6 Å². The van der Waals surface area contributed by atoms with Crippen LogP contribution in [0.15, 0.2) is 75.8 Å². The third-order valence-electron chi connectivity index (χ3n) is 9.37. The molecule has 3 aliphatic carbocycles. The first-order valence-corrected chi connectivity index (χ1v) is 15.1. The summed E-state index contributed by atoms with van der Waals surface area (Å²) in [7, 11) is 1.48. The van der Waals surface area contributed by atoms with E-state index in [1.807, 2.05) is 18.2 Å². The van der Waals surface area contributed by atoms with Crippen molar-refractivity contribution in [3.8, 4) is 11.5 Å². The molecule has 5 aliphatic rings. The molecule has 2 fully saturated rings. The Balaban J connectivity index is 1.29. The quantitative estimate of drug-likeness (QED) is 0.299. The number of ether oxygens (including phenoxy) is 2. The largest absolute Gasteiger partial charge is 0.507 e. The number of imide groups is 1. The number of carbonyl (C=O) groups is 4. The van der Waals surface area contributed by atoms with Gasteiger partial charge in [-0.3, -0.25) is 24.1 Å². The Kier molecular flexibility index (Phi) is 6.85. The van der Waals surface area contributed by atoms with E-state index in [9.17, 15) is 24.3 Å². The van der Waals surface area contributed by atoms with Gasteiger partial charge in [0.15, 0.2) is 11.6 Å². The molecule has 2 heterocycles. The van der Waals surface area contributed by atoms with Crippen molar-refractivity contribution < 1.29 is 33.8 Å². The second-order valence-corrected chi connectivity index (χ2v) is 12.3. The van der Waals surface area contributed by atoms with Gasteiger partial charge in [0.05, 0.1) is 42.3 Å². The lowest BCUT2D eigenvalue weighted by molar-refractivity contribution is -0.123. The first-order chi connectivity index (χ1) is 20.8. The van der Waals surface area contributed by atoms with Crippen LogP contribution in [-0.2, 0) is 23.9 Å². The first-order valence-electron chi connectivity index (χ1n) is 14.4. The maximum absolute atomic E-state index is 14.2. The zero-order valence-electron chi connectivity index (χ0n) is 23.4. The molecule has 7 rings (SSSR count). The summed E-state index contributed by atoms with van der Waals surface area (Å²) >= 11 is 3.24. The van der Waals surface area contributed by atoms with Crippen molar-refractivity contribution in [2.24, 2.45) is 17.8 Å². The lowest BCUT2D eigenvalue weighted by Gasteiger charge is -2.42. The summed E-state index contributed by atoms with van der Waals surface area (Å²) in [5.74, 6) is -3.60. The van der Waals surface area contributed by atoms with Crippen molar-refractivity contribution in [1.82, 2.24) is 0 Å². The second-order valence-electron chi connectivity index (χ2n) is 11.4. The van der Waals surface area contributed by atoms with Crippen LogP contribution in [0.4, 0.5) is 11.4 Å². The molecule has 43 heavy (non-hydrogen) atoms. The minimum Gasteiger partial charge on any atom is -0.507 e. The van der Waals surface area contributed by atoms with E-state index in [1.165, 1.54) is 24.2 Å². The molecule has 1 N–H and O–H groups in total. The predicted molar refractivity (Wildman–Crippen MR) is 161 cm³/mol. The summed E-state index contributed by atoms with van der Waals surface area (Å²) in [5, 5.41) is 11.1. The van der Waals surface area contributed by atoms with Crippen LogP contribution >= 0.6 is 15.9 Å². The number of morpholine rings is 1. The van der Waals surface area contributed by atoms with Gasteiger partial charge < -0.3 is 19.5 Å². The van der Waals surface area contributed by atoms with Gasteiger partial charge in [0, 0.05) is 47.5 Å². The highest BCUT2D eigenvalue weighted by Gasteiger charge is 2.57. The average Bonchev–Trinajstić information content (AvgIpc) is 3.28. The number of nitrogens with zero attached hydrogens (tertiary/aromatic N) is 2. The van der Waals surface area contributed by atoms with Crippen molar-refractivity contribution in [2.45, 2.75) is 18.8 Å². The van der Waals surface area contributed by atoms with E-state index in [1.54, 1.807) is 24.3 Å². The Morgan fingerprint density at radius 3 is 2.40 bits per heavy atom. The van der Waals surface area contributed by atoms with Crippen molar-refractivity contribution in [3.63, 3.8) is 0 Å². The number of phenols is 1. The van der Waals surface area contributed by atoms with Crippen LogP contribution in [0.25, 0.3) is 0 Å². The van der Waals surface area contributed by atoms with Gasteiger partial charge in [-0.2, -0.15) is 0 Å². The van der Waals surface area contributed by atoms with E-state index < -0.39 is 23.7 Å². The summed E-state index contributed by atoms with van der Waals surface area (Å²) in [4.78, 5) is 58.4. The van der Waals surface area contributed by atoms with E-state index in [0.717, 1.165) is 24.4 Å². The number of fused-ring (bicyclic) bond motifs is 3. The number of hydrogen-bond acceptors (Lipinski definition) is 8. The van der Waals surface area contributed by atoms with Crippen LogP contribution in [0, 0.1) is 17.8 Å². The number of halogens is 1. The molecule has 9 nitrogen and oxygen atoms in total. The summed E-state index contributed by atoms with van der Waals surface area (Å²) in [6.45, 7) is 2.84. The molecule has 0 aromatic heterocycles. The van der Waals surface area contributed by atoms with Gasteiger partial charge in [-0.25, -0.2) is 0 Å². The monoisotopic (exact) mass is 644 g/mol. The lowest BCUT2D eigenvalue weighted by atomic mass is 9.59. The molecule has 4 atom stereocenters. The fourth-order valence-corrected chi connectivity index (χ4v) is 7.87. The number of allylic oxidation sites excluding steroid dienone is 6. The highest BCUT2D eigenvalue weighted by molar-refractivity contribution is 9.12. The molecule has 4 unspecified atom stereocenters. The molecule has 0 saturated carbocycles. The molecule has 10 heteroatoms. The molecule has 2 saturated heterocycles. The van der Waals surface area contributed by atoms with E-state index in [4.69, 9.17) is 9.47 Å². The second kappa shape index (κ2) is 10.6. The molecule has 2 amide bonds. The van der Waals surface area contributed by atoms with Crippen LogP contribution in [-0.4, -0.2) is 61.9 Å². The maximum Gasteiger partial charge on any atom is 0.238 e. The zero-order valence-corrected chi connectivity index (χ0v) is 25.0. The maximum atomic E-state index is 14.2. The SMILES string of the molecule is COc1cccc(O)c1C1C2=CCC3C(=O)N(c4ccc(N5CCOCC5)cc4)C(=O)C3C2CC2=C1C(=O)C=C(Br)C2=O. The number of amides is 2. The van der Waals surface area contributed by atoms with Gasteiger partial charge in [-0.1, -0.05) is 17.7 Å². The minimum absolute atomic E-state index is 0.0791. The topological polar surface area (TPSA) is 113 Å². The van der Waals surface area contributed by atoms with Crippen LogP contribution < -0.4 is 14.5 Å². The summed E-state index contributed by atoms with van der Waals surface area (Å²) in [6, 6.07) is 12.3. The molecule has 0 radical (unpaired) electrons. The van der Waals surface area contributed by atoms with Crippen molar-refractivity contribution in [1.29, 1.82) is 0 Å². The molecular weight excluding hydrogens is 616 g/mol. The summed E-state index contributed by atoms with van der Waals surface area (Å²) in [5.41, 5.74) is 3.20. The number of aromatic hydroxyl groups is 1. The third-order valence-corrected chi connectivity index (χ3v) is 9.96. The van der Waals surface area contributed by atoms with Gasteiger partial charge in [-0.05, 0) is 71.1 Å². The van der Waals surface area contributed by atoms with Crippen LogP contribution in [0.3, 0.4) is 0 Å². The third kappa shape index (κ3) is 4.30. The number of Topliss-reactive ketones (excluding diaryl/α,β-unsaturated/α-hetero) is 1. The Hall–Kier alpha value is -4.02. The molecule has 0 bridgehead atoms. The molecule has 2 aliphatic heterocycles. The Morgan fingerprint density at radius 2 is 1.67 bits per heavy atom. The number of benzene rings is 2. The Morgan fingerprint density at radius 1 is 0.953 bits per heavy atom. The van der Waals surface area contributed by atoms with Gasteiger partial charge in [0.25, 0.3) is 0 Å². The highest BCUT2D eigenvalue weighted by atomic mass is 79.9. The number of ketones is 2. The fourth-order valence-electron chi connectivity index (χ4n) is 7.43. The molecule has 2 aromatic carbocycles. The average molecular weight is 646 g/mol. The van der Waals surface area contributed by atoms with E-state index >= 15 is 0 Å². The van der Waals surface area contributed by atoms with Crippen LogP contribution in [0.1, 0.15) is 24.3 Å². The lowest BCUT2D eigenvalue weighted by Crippen LogP contribution is -2.39. The number of rotatable bonds is 4. The van der Waals surface area contributed by atoms with Gasteiger partial charge in [-0.15, -0.1) is 0 Å². The normalized spacial score (nSPS) is 27.0. The van der Waals surface area contributed by atoms with Crippen LogP contribution in [0.2, 0.25) is 0 Å².